The van der Waals surface area contributed by atoms with Gasteiger partial charge in [0.1, 0.15) is 0 Å². The molecule has 4 nitrogen and oxygen atoms in total. The highest BCUT2D eigenvalue weighted by Gasteiger charge is 2.28. The molecule has 1 saturated carbocycles. The molecule has 2 fully saturated rings. The van der Waals surface area contributed by atoms with Crippen LogP contribution in [0.2, 0.25) is 0 Å². The molecule has 1 heterocycles. The van der Waals surface area contributed by atoms with E-state index in [4.69, 9.17) is 0 Å². The molecule has 1 aromatic carbocycles. The molecule has 1 N–H and O–H groups in total. The molecule has 3 rings (SSSR count). The van der Waals surface area contributed by atoms with Crippen molar-refractivity contribution in [2.75, 3.05) is 24.5 Å². The molecule has 1 aromatic rings. The predicted octanol–water partition coefficient (Wildman–Crippen LogP) is 3.24. The Morgan fingerprint density at radius 3 is 2.50 bits per heavy atom. The molecule has 1 saturated heterocycles. The largest absolute Gasteiger partial charge is 0.365 e. The molecule has 1 unspecified atom stereocenters. The second-order valence-corrected chi connectivity index (χ2v) is 6.61. The summed E-state index contributed by atoms with van der Waals surface area (Å²) in [5.74, 6) is 0. The summed E-state index contributed by atoms with van der Waals surface area (Å²) in [6.07, 6.45) is 6.11. The van der Waals surface area contributed by atoms with E-state index in [0.717, 1.165) is 32.5 Å². The van der Waals surface area contributed by atoms with Crippen molar-refractivity contribution in [3.8, 4) is 0 Å². The lowest BCUT2D eigenvalue weighted by atomic mass is 9.96. The summed E-state index contributed by atoms with van der Waals surface area (Å²) < 4.78 is 0. The van der Waals surface area contributed by atoms with Gasteiger partial charge < -0.3 is 15.1 Å². The summed E-state index contributed by atoms with van der Waals surface area (Å²) in [7, 11) is 0. The number of para-hydroxylation sites is 1. The first-order valence-electron chi connectivity index (χ1n) is 8.61. The van der Waals surface area contributed by atoms with Crippen LogP contribution in [0.3, 0.4) is 0 Å². The number of carbonyl (C=O) groups is 1. The van der Waals surface area contributed by atoms with E-state index in [1.165, 1.54) is 24.9 Å². The smallest absolute Gasteiger partial charge is 0.317 e. The Hall–Kier alpha value is -1.71. The van der Waals surface area contributed by atoms with Crippen LogP contribution in [-0.2, 0) is 0 Å². The average molecular weight is 301 g/mol. The first-order valence-corrected chi connectivity index (χ1v) is 8.61. The van der Waals surface area contributed by atoms with E-state index >= 15 is 0 Å². The quantitative estimate of drug-likeness (QED) is 0.910. The molecule has 1 aliphatic heterocycles. The van der Waals surface area contributed by atoms with E-state index in [0.29, 0.717) is 12.1 Å². The Kier molecular flexibility index (Phi) is 4.86. The molecule has 1 aliphatic carbocycles. The SMILES string of the molecule is CC1CN(C(=O)NC2CCCCC2)CCN1c1ccccc1. The lowest BCUT2D eigenvalue weighted by Crippen LogP contribution is -2.57. The first kappa shape index (κ1) is 15.2. The monoisotopic (exact) mass is 301 g/mol. The standard InChI is InChI=1S/C18H27N3O/c1-15-14-20(18(22)19-16-8-4-2-5-9-16)12-13-21(15)17-10-6-3-7-11-17/h3,6-7,10-11,15-16H,2,4-5,8-9,12-14H2,1H3,(H,19,22). The minimum Gasteiger partial charge on any atom is -0.365 e. The van der Waals surface area contributed by atoms with Crippen LogP contribution in [0.4, 0.5) is 10.5 Å². The number of rotatable bonds is 2. The van der Waals surface area contributed by atoms with E-state index in [1.807, 2.05) is 11.0 Å². The minimum atomic E-state index is 0.131. The maximum atomic E-state index is 12.5. The molecule has 0 spiro atoms. The van der Waals surface area contributed by atoms with Gasteiger partial charge >= 0.3 is 6.03 Å². The van der Waals surface area contributed by atoms with Gasteiger partial charge in [0.15, 0.2) is 0 Å². The van der Waals surface area contributed by atoms with Crippen molar-refractivity contribution in [3.63, 3.8) is 0 Å². The van der Waals surface area contributed by atoms with Crippen LogP contribution in [0.15, 0.2) is 30.3 Å². The summed E-state index contributed by atoms with van der Waals surface area (Å²) in [5.41, 5.74) is 1.25. The zero-order valence-electron chi connectivity index (χ0n) is 13.5. The van der Waals surface area contributed by atoms with Crippen molar-refractivity contribution in [2.24, 2.45) is 0 Å². The fourth-order valence-corrected chi connectivity index (χ4v) is 3.66. The lowest BCUT2D eigenvalue weighted by Gasteiger charge is -2.41. The van der Waals surface area contributed by atoms with E-state index in [-0.39, 0.29) is 6.03 Å². The highest BCUT2D eigenvalue weighted by molar-refractivity contribution is 5.75. The van der Waals surface area contributed by atoms with Crippen molar-refractivity contribution in [1.82, 2.24) is 10.2 Å². The number of carbonyl (C=O) groups excluding carboxylic acids is 1. The average Bonchev–Trinajstić information content (AvgIpc) is 2.56. The van der Waals surface area contributed by atoms with Crippen molar-refractivity contribution < 1.29 is 4.79 Å². The normalized spacial score (nSPS) is 23.4. The highest BCUT2D eigenvalue weighted by atomic mass is 16.2. The summed E-state index contributed by atoms with van der Waals surface area (Å²) >= 11 is 0. The lowest BCUT2D eigenvalue weighted by molar-refractivity contribution is 0.179. The molecule has 0 bridgehead atoms. The number of urea groups is 1. The molecule has 0 radical (unpaired) electrons. The molecule has 0 aromatic heterocycles. The van der Waals surface area contributed by atoms with Crippen molar-refractivity contribution in [3.05, 3.63) is 30.3 Å². The number of nitrogens with one attached hydrogen (secondary N) is 1. The second-order valence-electron chi connectivity index (χ2n) is 6.61. The third kappa shape index (κ3) is 3.54. The minimum absolute atomic E-state index is 0.131. The van der Waals surface area contributed by atoms with Gasteiger partial charge in [0.25, 0.3) is 0 Å². The first-order chi connectivity index (χ1) is 10.7. The van der Waals surface area contributed by atoms with Crippen LogP contribution in [-0.4, -0.2) is 42.6 Å². The van der Waals surface area contributed by atoms with E-state index < -0.39 is 0 Å². The molecular weight excluding hydrogens is 274 g/mol. The Morgan fingerprint density at radius 1 is 1.09 bits per heavy atom. The third-order valence-corrected chi connectivity index (χ3v) is 4.94. The van der Waals surface area contributed by atoms with Gasteiger partial charge in [0.05, 0.1) is 0 Å². The van der Waals surface area contributed by atoms with Gasteiger partial charge in [-0.1, -0.05) is 37.5 Å². The van der Waals surface area contributed by atoms with Crippen LogP contribution in [0.5, 0.6) is 0 Å². The molecule has 120 valence electrons. The summed E-state index contributed by atoms with van der Waals surface area (Å²) in [6, 6.07) is 11.4. The predicted molar refractivity (Wildman–Crippen MR) is 90.2 cm³/mol. The topological polar surface area (TPSA) is 35.6 Å². The van der Waals surface area contributed by atoms with Crippen LogP contribution >= 0.6 is 0 Å². The van der Waals surface area contributed by atoms with Gasteiger partial charge in [-0.05, 0) is 31.9 Å². The van der Waals surface area contributed by atoms with E-state index in [2.05, 4.69) is 41.4 Å². The maximum absolute atomic E-state index is 12.5. The van der Waals surface area contributed by atoms with Gasteiger partial charge in [-0.15, -0.1) is 0 Å². The van der Waals surface area contributed by atoms with Crippen LogP contribution in [0.25, 0.3) is 0 Å². The molecule has 1 atom stereocenters. The zero-order valence-corrected chi connectivity index (χ0v) is 13.5. The van der Waals surface area contributed by atoms with Crippen LogP contribution in [0.1, 0.15) is 39.0 Å². The Bertz CT molecular complexity index is 484. The van der Waals surface area contributed by atoms with E-state index in [9.17, 15) is 4.79 Å². The van der Waals surface area contributed by atoms with Crippen LogP contribution < -0.4 is 10.2 Å². The summed E-state index contributed by atoms with van der Waals surface area (Å²) in [5, 5.41) is 3.23. The number of amides is 2. The Morgan fingerprint density at radius 2 is 1.82 bits per heavy atom. The number of hydrogen-bond donors (Lipinski definition) is 1. The fourth-order valence-electron chi connectivity index (χ4n) is 3.66. The van der Waals surface area contributed by atoms with Crippen molar-refractivity contribution in [2.45, 2.75) is 51.1 Å². The van der Waals surface area contributed by atoms with Gasteiger partial charge in [0, 0.05) is 37.4 Å². The third-order valence-electron chi connectivity index (χ3n) is 4.94. The summed E-state index contributed by atoms with van der Waals surface area (Å²) in [6.45, 7) is 4.71. The second kappa shape index (κ2) is 7.03. The fraction of sp³-hybridized carbons (Fsp3) is 0.611. The highest BCUT2D eigenvalue weighted by Crippen LogP contribution is 2.21. The van der Waals surface area contributed by atoms with Gasteiger partial charge in [0.2, 0.25) is 0 Å². The molecule has 2 aliphatic rings. The number of anilines is 1. The van der Waals surface area contributed by atoms with E-state index in [1.54, 1.807) is 0 Å². The number of benzene rings is 1. The van der Waals surface area contributed by atoms with Gasteiger partial charge in [-0.2, -0.15) is 0 Å². The molecule has 2 amide bonds. The van der Waals surface area contributed by atoms with Gasteiger partial charge in [-0.25, -0.2) is 4.79 Å². The number of nitrogens with zero attached hydrogens (tertiary/aromatic N) is 2. The van der Waals surface area contributed by atoms with Crippen molar-refractivity contribution >= 4 is 11.7 Å². The zero-order chi connectivity index (χ0) is 15.4. The number of piperazine rings is 1. The molecular formula is C18H27N3O. The Labute approximate surface area is 133 Å². The van der Waals surface area contributed by atoms with Crippen molar-refractivity contribution in [1.29, 1.82) is 0 Å². The molecule has 4 heteroatoms. The van der Waals surface area contributed by atoms with Gasteiger partial charge in [-0.3, -0.25) is 0 Å². The summed E-state index contributed by atoms with van der Waals surface area (Å²) in [4.78, 5) is 16.8. The maximum Gasteiger partial charge on any atom is 0.317 e. The molecule has 22 heavy (non-hydrogen) atoms. The van der Waals surface area contributed by atoms with Crippen LogP contribution in [0, 0.1) is 0 Å². The number of hydrogen-bond acceptors (Lipinski definition) is 2. The Balaban J connectivity index is 1.54.